The highest BCUT2D eigenvalue weighted by molar-refractivity contribution is 5.89. The topological polar surface area (TPSA) is 58.6 Å². The van der Waals surface area contributed by atoms with Crippen molar-refractivity contribution in [1.29, 1.82) is 0 Å². The van der Waals surface area contributed by atoms with E-state index in [1.54, 1.807) is 0 Å². The fourth-order valence-electron chi connectivity index (χ4n) is 3.59. The molecule has 2 aliphatic rings. The molecule has 1 aliphatic heterocycles. The lowest BCUT2D eigenvalue weighted by Gasteiger charge is -2.19. The molecular weight excluding hydrogens is 361 g/mol. The number of hydrogen-bond acceptors (Lipinski definition) is 3. The molecule has 0 aromatic heterocycles. The summed E-state index contributed by atoms with van der Waals surface area (Å²) in [5.74, 6) is -1.10. The van der Waals surface area contributed by atoms with E-state index in [0.29, 0.717) is 10.6 Å². The Balaban J connectivity index is 1.54. The zero-order valence-corrected chi connectivity index (χ0v) is 14.9. The van der Waals surface area contributed by atoms with Crippen molar-refractivity contribution in [2.45, 2.75) is 50.9 Å². The van der Waals surface area contributed by atoms with Gasteiger partial charge in [0, 0.05) is 25.1 Å². The largest absolute Gasteiger partial charge is 0.490 e. The molecule has 3 rings (SSSR count). The van der Waals surface area contributed by atoms with E-state index < -0.39 is 30.5 Å². The van der Waals surface area contributed by atoms with E-state index >= 15 is 0 Å². The molecule has 0 unspecified atom stereocenters. The standard InChI is InChI=1S/C19H23F3N2O3/c20-19(21,22)12-24-11-14(9-17(24)25)18(26)23-10-13-5-1-4-8-16(13)27-15-6-2-3-7-15/h1,4-5,8,14-15H,2-3,6-7,9-12H2,(H,23,26)/t14-/m0/s1. The van der Waals surface area contributed by atoms with Crippen LogP contribution < -0.4 is 10.1 Å². The maximum Gasteiger partial charge on any atom is 0.406 e. The smallest absolute Gasteiger partial charge is 0.406 e. The number of nitrogens with one attached hydrogen (secondary N) is 1. The molecule has 8 heteroatoms. The third kappa shape index (κ3) is 5.37. The first-order chi connectivity index (χ1) is 12.8. The number of nitrogens with zero attached hydrogens (tertiary/aromatic N) is 1. The Morgan fingerprint density at radius 2 is 1.93 bits per heavy atom. The Bertz CT molecular complexity index is 687. The van der Waals surface area contributed by atoms with Crippen LogP contribution in [0, 0.1) is 5.92 Å². The number of ether oxygens (including phenoxy) is 1. The van der Waals surface area contributed by atoms with Gasteiger partial charge < -0.3 is 15.0 Å². The highest BCUT2D eigenvalue weighted by atomic mass is 19.4. The second-order valence-electron chi connectivity index (χ2n) is 7.14. The normalized spacial score (nSPS) is 20.9. The lowest BCUT2D eigenvalue weighted by Crippen LogP contribution is -2.37. The number of para-hydroxylation sites is 1. The Hall–Kier alpha value is -2.25. The lowest BCUT2D eigenvalue weighted by atomic mass is 10.1. The molecule has 1 saturated carbocycles. The number of benzene rings is 1. The molecule has 2 fully saturated rings. The van der Waals surface area contributed by atoms with Gasteiger partial charge in [0.1, 0.15) is 12.3 Å². The van der Waals surface area contributed by atoms with E-state index in [4.69, 9.17) is 4.74 Å². The summed E-state index contributed by atoms with van der Waals surface area (Å²) in [6, 6.07) is 7.40. The quantitative estimate of drug-likeness (QED) is 0.820. The third-order valence-corrected chi connectivity index (χ3v) is 4.98. The molecule has 1 aliphatic carbocycles. The molecule has 2 amide bonds. The van der Waals surface area contributed by atoms with Gasteiger partial charge in [-0.25, -0.2) is 0 Å². The number of halogens is 3. The molecule has 1 aromatic rings. The van der Waals surface area contributed by atoms with E-state index in [9.17, 15) is 22.8 Å². The lowest BCUT2D eigenvalue weighted by molar-refractivity contribution is -0.157. The fourth-order valence-corrected chi connectivity index (χ4v) is 3.59. The fraction of sp³-hybridized carbons (Fsp3) is 0.579. The van der Waals surface area contributed by atoms with Crippen molar-refractivity contribution in [3.05, 3.63) is 29.8 Å². The number of carbonyl (C=O) groups excluding carboxylic acids is 2. The van der Waals surface area contributed by atoms with Crippen LogP contribution in [0.3, 0.4) is 0 Å². The first-order valence-electron chi connectivity index (χ1n) is 9.18. The third-order valence-electron chi connectivity index (χ3n) is 4.98. The average Bonchev–Trinajstić information content (AvgIpc) is 3.23. The van der Waals surface area contributed by atoms with Crippen molar-refractivity contribution in [1.82, 2.24) is 10.2 Å². The number of hydrogen-bond donors (Lipinski definition) is 1. The minimum atomic E-state index is -4.46. The monoisotopic (exact) mass is 384 g/mol. The molecule has 27 heavy (non-hydrogen) atoms. The molecular formula is C19H23F3N2O3. The van der Waals surface area contributed by atoms with E-state index in [1.807, 2.05) is 24.3 Å². The van der Waals surface area contributed by atoms with Gasteiger partial charge in [-0.05, 0) is 31.7 Å². The zero-order valence-electron chi connectivity index (χ0n) is 14.9. The minimum Gasteiger partial charge on any atom is -0.490 e. The van der Waals surface area contributed by atoms with Gasteiger partial charge in [0.25, 0.3) is 0 Å². The second-order valence-corrected chi connectivity index (χ2v) is 7.14. The van der Waals surface area contributed by atoms with Crippen LogP contribution in [0.2, 0.25) is 0 Å². The number of alkyl halides is 3. The predicted molar refractivity (Wildman–Crippen MR) is 91.9 cm³/mol. The molecule has 148 valence electrons. The van der Waals surface area contributed by atoms with E-state index in [-0.39, 0.29) is 25.6 Å². The van der Waals surface area contributed by atoms with E-state index in [1.165, 1.54) is 0 Å². The maximum atomic E-state index is 12.5. The summed E-state index contributed by atoms with van der Waals surface area (Å²) in [7, 11) is 0. The van der Waals surface area contributed by atoms with Crippen LogP contribution in [0.5, 0.6) is 5.75 Å². The van der Waals surface area contributed by atoms with Gasteiger partial charge in [0.05, 0.1) is 12.0 Å². The van der Waals surface area contributed by atoms with Crippen molar-refractivity contribution in [3.63, 3.8) is 0 Å². The highest BCUT2D eigenvalue weighted by Gasteiger charge is 2.40. The number of amides is 2. The van der Waals surface area contributed by atoms with Crippen LogP contribution in [-0.2, 0) is 16.1 Å². The van der Waals surface area contributed by atoms with Crippen molar-refractivity contribution in [2.75, 3.05) is 13.1 Å². The summed E-state index contributed by atoms with van der Waals surface area (Å²) in [5, 5.41) is 2.73. The van der Waals surface area contributed by atoms with Crippen molar-refractivity contribution < 1.29 is 27.5 Å². The molecule has 0 spiro atoms. The van der Waals surface area contributed by atoms with Crippen LogP contribution in [0.15, 0.2) is 24.3 Å². The maximum absolute atomic E-state index is 12.5. The molecule has 1 atom stereocenters. The van der Waals surface area contributed by atoms with E-state index in [2.05, 4.69) is 5.32 Å². The zero-order chi connectivity index (χ0) is 19.4. The van der Waals surface area contributed by atoms with Gasteiger partial charge in [-0.1, -0.05) is 18.2 Å². The molecule has 0 bridgehead atoms. The number of carbonyl (C=O) groups is 2. The Morgan fingerprint density at radius 3 is 2.63 bits per heavy atom. The van der Waals surface area contributed by atoms with E-state index in [0.717, 1.165) is 31.2 Å². The molecule has 0 radical (unpaired) electrons. The first-order valence-corrected chi connectivity index (χ1v) is 9.18. The summed E-state index contributed by atoms with van der Waals surface area (Å²) in [6.07, 6.45) is -0.147. The SMILES string of the molecule is O=C(NCc1ccccc1OC1CCCC1)[C@H]1CC(=O)N(CC(F)(F)F)C1. The highest BCUT2D eigenvalue weighted by Crippen LogP contribution is 2.27. The van der Waals surface area contributed by atoms with Gasteiger partial charge >= 0.3 is 6.18 Å². The first kappa shape index (κ1) is 19.5. The van der Waals surface area contributed by atoms with Crippen LogP contribution in [0.4, 0.5) is 13.2 Å². The summed E-state index contributed by atoms with van der Waals surface area (Å²) >= 11 is 0. The molecule has 1 aromatic carbocycles. The second kappa shape index (κ2) is 8.19. The number of likely N-dealkylation sites (tertiary alicyclic amines) is 1. The predicted octanol–water partition coefficient (Wildman–Crippen LogP) is 3.04. The van der Waals surface area contributed by atoms with Crippen LogP contribution in [0.25, 0.3) is 0 Å². The van der Waals surface area contributed by atoms with Gasteiger partial charge in [-0.2, -0.15) is 13.2 Å². The van der Waals surface area contributed by atoms with Crippen LogP contribution in [0.1, 0.15) is 37.7 Å². The van der Waals surface area contributed by atoms with Crippen molar-refractivity contribution >= 4 is 11.8 Å². The van der Waals surface area contributed by atoms with Gasteiger partial charge in [0.15, 0.2) is 0 Å². The van der Waals surface area contributed by atoms with Crippen LogP contribution >= 0.6 is 0 Å². The Kier molecular flexibility index (Phi) is 5.92. The summed E-state index contributed by atoms with van der Waals surface area (Å²) in [5.41, 5.74) is 0.814. The van der Waals surface area contributed by atoms with Crippen molar-refractivity contribution in [3.8, 4) is 5.75 Å². The van der Waals surface area contributed by atoms with Gasteiger partial charge in [-0.15, -0.1) is 0 Å². The Morgan fingerprint density at radius 1 is 1.22 bits per heavy atom. The van der Waals surface area contributed by atoms with Crippen LogP contribution in [-0.4, -0.2) is 42.1 Å². The summed E-state index contributed by atoms with van der Waals surface area (Å²) < 4.78 is 43.5. The van der Waals surface area contributed by atoms with Gasteiger partial charge in [-0.3, -0.25) is 9.59 Å². The molecule has 1 heterocycles. The number of rotatable bonds is 6. The molecule has 1 saturated heterocycles. The Labute approximate surface area is 155 Å². The van der Waals surface area contributed by atoms with Crippen molar-refractivity contribution in [2.24, 2.45) is 5.92 Å². The summed E-state index contributed by atoms with van der Waals surface area (Å²) in [4.78, 5) is 24.7. The average molecular weight is 384 g/mol. The van der Waals surface area contributed by atoms with Gasteiger partial charge in [0.2, 0.25) is 11.8 Å². The molecule has 5 nitrogen and oxygen atoms in total. The minimum absolute atomic E-state index is 0.185. The summed E-state index contributed by atoms with van der Waals surface area (Å²) in [6.45, 7) is -1.30. The molecule has 1 N–H and O–H groups in total.